The number of hydrogen-bond donors (Lipinski definition) is 4. The second-order valence-electron chi connectivity index (χ2n) is 16.6. The number of Topliss-reactive ketones (excluding diaryl/α,β-unsaturated/α-hetero) is 1. The number of urea groups is 1. The molecular formula is C39H64FN7O6. The molecule has 2 saturated heterocycles. The molecule has 0 spiro atoms. The number of rotatable bonds is 11. The zero-order valence-electron chi connectivity index (χ0n) is 33.3. The van der Waals surface area contributed by atoms with E-state index < -0.39 is 53.1 Å². The fourth-order valence-electron chi connectivity index (χ4n) is 5.83. The summed E-state index contributed by atoms with van der Waals surface area (Å²) in [6.45, 7) is 19.9. The minimum atomic E-state index is -1.12. The predicted octanol–water partition coefficient (Wildman–Crippen LogP) is 3.84. The van der Waals surface area contributed by atoms with Gasteiger partial charge in [-0.25, -0.2) is 9.18 Å². The average Bonchev–Trinajstić information content (AvgIpc) is 3.75. The summed E-state index contributed by atoms with van der Waals surface area (Å²) >= 11 is 0. The molecule has 14 heteroatoms. The third-order valence-corrected chi connectivity index (χ3v) is 8.59. The number of nitrogens with one attached hydrogen (secondary N) is 3. The standard InChI is InChI=1S/C31H44FN7O6.2C4H10/c1-31(2,3)26(29(44)39-12-6-9-23(39)28(43)35-21(17-19-10-11-19)25(41)27(33)42)36-30(45)34-18-24(40)38-15-13-37(14-16-38)22-8-5-4-7-20(22)32;2*1-4(2)3/h4-5,7-8,19,21,23,26H,6,9-18H2,1-3H3,(H2,33,42)(H,35,43)(H2,34,36,45);2*4H,1-3H3. The van der Waals surface area contributed by atoms with Crippen LogP contribution < -0.4 is 26.6 Å². The highest BCUT2D eigenvalue weighted by atomic mass is 19.1. The smallest absolute Gasteiger partial charge is 0.315 e. The molecule has 2 aliphatic heterocycles. The lowest BCUT2D eigenvalue weighted by Gasteiger charge is -2.36. The molecule has 53 heavy (non-hydrogen) atoms. The second kappa shape index (κ2) is 20.9. The van der Waals surface area contributed by atoms with E-state index in [1.54, 1.807) is 43.9 Å². The molecule has 3 atom stereocenters. The van der Waals surface area contributed by atoms with Crippen LogP contribution >= 0.6 is 0 Å². The lowest BCUT2D eigenvalue weighted by Crippen LogP contribution is -2.60. The Labute approximate surface area is 315 Å². The monoisotopic (exact) mass is 745 g/mol. The van der Waals surface area contributed by atoms with E-state index in [1.807, 2.05) is 4.90 Å². The van der Waals surface area contributed by atoms with Gasteiger partial charge in [0.1, 0.15) is 17.9 Å². The first kappa shape index (κ1) is 44.9. The van der Waals surface area contributed by atoms with Gasteiger partial charge in [-0.15, -0.1) is 0 Å². The molecule has 298 valence electrons. The number of nitrogens with two attached hydrogens (primary N) is 1. The van der Waals surface area contributed by atoms with E-state index in [2.05, 4.69) is 57.5 Å². The Morgan fingerprint density at radius 2 is 1.42 bits per heavy atom. The molecule has 2 heterocycles. The van der Waals surface area contributed by atoms with Crippen molar-refractivity contribution in [1.29, 1.82) is 0 Å². The van der Waals surface area contributed by atoms with E-state index in [1.165, 1.54) is 11.0 Å². The number of likely N-dealkylation sites (tertiary alicyclic amines) is 1. The summed E-state index contributed by atoms with van der Waals surface area (Å²) in [5.41, 5.74) is 4.93. The SMILES string of the molecule is CC(C)(C)C(NC(=O)NCC(=O)N1CCN(c2ccccc2F)CC1)C(=O)N1CCCC1C(=O)NC(CC1CC1)C(=O)C(N)=O.CC(C)C.CC(C)C. The predicted molar refractivity (Wildman–Crippen MR) is 204 cm³/mol. The molecule has 6 amide bonds. The molecular weight excluding hydrogens is 681 g/mol. The summed E-state index contributed by atoms with van der Waals surface area (Å²) in [6, 6.07) is 2.81. The van der Waals surface area contributed by atoms with E-state index in [-0.39, 0.29) is 30.7 Å². The summed E-state index contributed by atoms with van der Waals surface area (Å²) in [6.07, 6.45) is 3.04. The molecule has 5 N–H and O–H groups in total. The number of amides is 6. The highest BCUT2D eigenvalue weighted by Crippen LogP contribution is 2.34. The zero-order chi connectivity index (χ0) is 40.0. The largest absolute Gasteiger partial charge is 0.366 e. The number of hydrogen-bond acceptors (Lipinski definition) is 7. The van der Waals surface area contributed by atoms with Crippen molar-refractivity contribution in [2.75, 3.05) is 44.2 Å². The third kappa shape index (κ3) is 15.3. The van der Waals surface area contributed by atoms with Gasteiger partial charge in [0.15, 0.2) is 0 Å². The molecule has 3 unspecified atom stereocenters. The van der Waals surface area contributed by atoms with Crippen molar-refractivity contribution >= 4 is 41.1 Å². The Bertz CT molecular complexity index is 1390. The van der Waals surface area contributed by atoms with E-state index in [4.69, 9.17) is 5.73 Å². The van der Waals surface area contributed by atoms with Crippen molar-refractivity contribution in [3.05, 3.63) is 30.1 Å². The number of carbonyl (C=O) groups is 6. The van der Waals surface area contributed by atoms with Crippen LogP contribution in [0.15, 0.2) is 24.3 Å². The number of para-hydroxylation sites is 1. The maximum Gasteiger partial charge on any atom is 0.315 e. The molecule has 3 fully saturated rings. The number of carbonyl (C=O) groups excluding carboxylic acids is 6. The van der Waals surface area contributed by atoms with Gasteiger partial charge in [-0.05, 0) is 54.6 Å². The molecule has 0 aromatic heterocycles. The highest BCUT2D eigenvalue weighted by molar-refractivity contribution is 6.37. The quantitative estimate of drug-likeness (QED) is 0.249. The highest BCUT2D eigenvalue weighted by Gasteiger charge is 2.43. The summed E-state index contributed by atoms with van der Waals surface area (Å²) in [5.74, 6) is -1.71. The van der Waals surface area contributed by atoms with Crippen molar-refractivity contribution in [2.45, 2.75) is 113 Å². The van der Waals surface area contributed by atoms with Gasteiger partial charge in [0.2, 0.25) is 23.5 Å². The molecule has 13 nitrogen and oxygen atoms in total. The number of piperazine rings is 1. The molecule has 0 radical (unpaired) electrons. The Morgan fingerprint density at radius 1 is 0.849 bits per heavy atom. The van der Waals surface area contributed by atoms with Crippen LogP contribution in [0, 0.1) is 29.0 Å². The van der Waals surface area contributed by atoms with Crippen LogP contribution in [0.25, 0.3) is 0 Å². The van der Waals surface area contributed by atoms with Gasteiger partial charge in [-0.3, -0.25) is 24.0 Å². The van der Waals surface area contributed by atoms with E-state index >= 15 is 0 Å². The molecule has 1 saturated carbocycles. The Hall–Kier alpha value is -4.23. The molecule has 0 bridgehead atoms. The van der Waals surface area contributed by atoms with Crippen LogP contribution in [0.1, 0.15) is 94.4 Å². The van der Waals surface area contributed by atoms with Gasteiger partial charge in [0.05, 0.1) is 18.3 Å². The van der Waals surface area contributed by atoms with E-state index in [0.717, 1.165) is 24.7 Å². The zero-order valence-corrected chi connectivity index (χ0v) is 33.3. The lowest BCUT2D eigenvalue weighted by molar-refractivity contribution is -0.143. The topological polar surface area (TPSA) is 174 Å². The van der Waals surface area contributed by atoms with Crippen LogP contribution in [-0.2, 0) is 24.0 Å². The Kier molecular flexibility index (Phi) is 17.7. The van der Waals surface area contributed by atoms with Gasteiger partial charge >= 0.3 is 6.03 Å². The molecule has 3 aliphatic rings. The first-order valence-electron chi connectivity index (χ1n) is 19.0. The number of benzene rings is 1. The van der Waals surface area contributed by atoms with Crippen molar-refractivity contribution in [1.82, 2.24) is 25.8 Å². The lowest BCUT2D eigenvalue weighted by atomic mass is 9.85. The number of ketones is 1. The van der Waals surface area contributed by atoms with Crippen LogP contribution in [0.4, 0.5) is 14.9 Å². The van der Waals surface area contributed by atoms with Crippen molar-refractivity contribution in [2.24, 2.45) is 28.9 Å². The average molecular weight is 746 g/mol. The van der Waals surface area contributed by atoms with Gasteiger partial charge in [-0.2, -0.15) is 0 Å². The fraction of sp³-hybridized carbons (Fsp3) is 0.692. The van der Waals surface area contributed by atoms with E-state index in [9.17, 15) is 33.2 Å². The van der Waals surface area contributed by atoms with Gasteiger partial charge in [-0.1, -0.05) is 87.3 Å². The molecule has 1 aromatic carbocycles. The third-order valence-electron chi connectivity index (χ3n) is 8.59. The fourth-order valence-corrected chi connectivity index (χ4v) is 5.83. The van der Waals surface area contributed by atoms with Crippen molar-refractivity contribution < 1.29 is 33.2 Å². The van der Waals surface area contributed by atoms with Crippen LogP contribution in [0.2, 0.25) is 0 Å². The Balaban J connectivity index is 0.00000110. The summed E-state index contributed by atoms with van der Waals surface area (Å²) in [7, 11) is 0. The van der Waals surface area contributed by atoms with Gasteiger partial charge in [0, 0.05) is 32.7 Å². The van der Waals surface area contributed by atoms with E-state index in [0.29, 0.717) is 51.1 Å². The summed E-state index contributed by atoms with van der Waals surface area (Å²) < 4.78 is 14.1. The van der Waals surface area contributed by atoms with Crippen LogP contribution in [-0.4, -0.2) is 103 Å². The minimum Gasteiger partial charge on any atom is -0.366 e. The second-order valence-corrected chi connectivity index (χ2v) is 16.6. The Morgan fingerprint density at radius 3 is 1.92 bits per heavy atom. The first-order valence-corrected chi connectivity index (χ1v) is 19.0. The number of nitrogens with zero attached hydrogens (tertiary/aromatic N) is 3. The van der Waals surface area contributed by atoms with Crippen molar-refractivity contribution in [3.8, 4) is 0 Å². The molecule has 4 rings (SSSR count). The number of halogens is 1. The van der Waals surface area contributed by atoms with Crippen LogP contribution in [0.3, 0.4) is 0 Å². The maximum atomic E-state index is 14.1. The number of anilines is 1. The molecule has 1 aliphatic carbocycles. The summed E-state index contributed by atoms with van der Waals surface area (Å²) in [4.78, 5) is 81.6. The minimum absolute atomic E-state index is 0.239. The number of primary amides is 1. The van der Waals surface area contributed by atoms with Gasteiger partial charge in [0.25, 0.3) is 5.91 Å². The first-order chi connectivity index (χ1) is 24.7. The molecule has 1 aromatic rings. The normalized spacial score (nSPS) is 18.2. The van der Waals surface area contributed by atoms with Gasteiger partial charge < -0.3 is 36.4 Å². The summed E-state index contributed by atoms with van der Waals surface area (Å²) in [5, 5.41) is 7.87. The van der Waals surface area contributed by atoms with Crippen LogP contribution in [0.5, 0.6) is 0 Å². The van der Waals surface area contributed by atoms with Crippen molar-refractivity contribution in [3.63, 3.8) is 0 Å². The maximum absolute atomic E-state index is 14.1.